The number of hydrogen-bond acceptors (Lipinski definition) is 3. The summed E-state index contributed by atoms with van der Waals surface area (Å²) in [6, 6.07) is 21.5. The van der Waals surface area contributed by atoms with Crippen LogP contribution in [0.3, 0.4) is 0 Å². The van der Waals surface area contributed by atoms with Crippen LogP contribution in [0.5, 0.6) is 5.75 Å². The van der Waals surface area contributed by atoms with Gasteiger partial charge in [0.05, 0.1) is 16.9 Å². The Morgan fingerprint density at radius 2 is 1.54 bits per heavy atom. The van der Waals surface area contributed by atoms with E-state index in [0.717, 1.165) is 5.56 Å². The Labute approximate surface area is 168 Å². The Kier molecular flexibility index (Phi) is 6.29. The molecular weight excluding hydrogens is 376 g/mol. The van der Waals surface area contributed by atoms with E-state index in [1.807, 2.05) is 30.3 Å². The molecule has 142 valence electrons. The average molecular weight is 395 g/mol. The molecule has 0 saturated carbocycles. The van der Waals surface area contributed by atoms with Crippen LogP contribution in [-0.2, 0) is 11.4 Å². The predicted molar refractivity (Wildman–Crippen MR) is 111 cm³/mol. The summed E-state index contributed by atoms with van der Waals surface area (Å²) >= 11 is 6.09. The number of benzene rings is 3. The summed E-state index contributed by atoms with van der Waals surface area (Å²) in [5, 5.41) is 5.92. The van der Waals surface area contributed by atoms with Gasteiger partial charge in [0.2, 0.25) is 5.91 Å². The van der Waals surface area contributed by atoms with E-state index in [4.69, 9.17) is 16.3 Å². The van der Waals surface area contributed by atoms with E-state index >= 15 is 0 Å². The lowest BCUT2D eigenvalue weighted by Gasteiger charge is -2.14. The van der Waals surface area contributed by atoms with Crippen molar-refractivity contribution < 1.29 is 14.3 Å². The third kappa shape index (κ3) is 5.11. The fourth-order valence-electron chi connectivity index (χ4n) is 2.62. The third-order valence-electron chi connectivity index (χ3n) is 3.91. The van der Waals surface area contributed by atoms with Crippen molar-refractivity contribution in [1.29, 1.82) is 0 Å². The molecule has 0 aliphatic carbocycles. The first-order valence-electron chi connectivity index (χ1n) is 8.67. The van der Waals surface area contributed by atoms with Crippen LogP contribution in [0, 0.1) is 0 Å². The predicted octanol–water partition coefficient (Wildman–Crippen LogP) is 5.13. The minimum atomic E-state index is -0.386. The summed E-state index contributed by atoms with van der Waals surface area (Å²) < 4.78 is 5.84. The number of nitrogens with one attached hydrogen (secondary N) is 2. The maximum atomic E-state index is 12.9. The number of ether oxygens (including phenoxy) is 1. The van der Waals surface area contributed by atoms with E-state index in [9.17, 15) is 9.59 Å². The number of carbonyl (C=O) groups is 2. The number of anilines is 2. The first-order chi connectivity index (χ1) is 13.5. The second kappa shape index (κ2) is 9.06. The highest BCUT2D eigenvalue weighted by Crippen LogP contribution is 2.27. The van der Waals surface area contributed by atoms with E-state index in [1.165, 1.54) is 6.92 Å². The van der Waals surface area contributed by atoms with Gasteiger partial charge in [-0.25, -0.2) is 0 Å². The number of carbonyl (C=O) groups excluding carboxylic acids is 2. The number of amides is 2. The molecule has 0 heterocycles. The van der Waals surface area contributed by atoms with Gasteiger partial charge in [-0.2, -0.15) is 0 Å². The molecule has 0 aliphatic rings. The standard InChI is InChI=1S/C22H19ClN2O3/c1-15(26)24-19-9-5-6-10-20(19)25-22(27)18-13-17(23)11-12-21(18)28-14-16-7-3-2-4-8-16/h2-13H,14H2,1H3,(H,24,26)(H,25,27). The smallest absolute Gasteiger partial charge is 0.259 e. The molecule has 28 heavy (non-hydrogen) atoms. The van der Waals surface area contributed by atoms with Crippen LogP contribution in [0.4, 0.5) is 11.4 Å². The minimum absolute atomic E-state index is 0.226. The van der Waals surface area contributed by atoms with Crippen molar-refractivity contribution in [2.75, 3.05) is 10.6 Å². The third-order valence-corrected chi connectivity index (χ3v) is 4.14. The number of para-hydroxylation sites is 2. The van der Waals surface area contributed by atoms with Crippen molar-refractivity contribution in [2.24, 2.45) is 0 Å². The molecule has 0 spiro atoms. The van der Waals surface area contributed by atoms with E-state index < -0.39 is 0 Å². The molecule has 0 radical (unpaired) electrons. The molecule has 2 amide bonds. The zero-order valence-electron chi connectivity index (χ0n) is 15.2. The van der Waals surface area contributed by atoms with Crippen molar-refractivity contribution in [2.45, 2.75) is 13.5 Å². The summed E-state index contributed by atoms with van der Waals surface area (Å²) in [6.07, 6.45) is 0. The molecule has 6 heteroatoms. The van der Waals surface area contributed by atoms with Crippen molar-refractivity contribution in [3.05, 3.63) is 88.9 Å². The van der Waals surface area contributed by atoms with Crippen LogP contribution in [0.15, 0.2) is 72.8 Å². The van der Waals surface area contributed by atoms with E-state index in [0.29, 0.717) is 34.3 Å². The molecule has 0 atom stereocenters. The first-order valence-corrected chi connectivity index (χ1v) is 9.05. The summed E-state index contributed by atoms with van der Waals surface area (Å²) in [6.45, 7) is 1.73. The molecule has 2 N–H and O–H groups in total. The number of hydrogen-bond donors (Lipinski definition) is 2. The maximum absolute atomic E-state index is 12.9. The Balaban J connectivity index is 1.82. The van der Waals surface area contributed by atoms with Gasteiger partial charge in [0.15, 0.2) is 0 Å². The quantitative estimate of drug-likeness (QED) is 0.609. The molecule has 3 aromatic carbocycles. The summed E-state index contributed by atoms with van der Waals surface area (Å²) in [5.74, 6) is -0.192. The van der Waals surface area contributed by atoms with Crippen molar-refractivity contribution >= 4 is 34.8 Å². The van der Waals surface area contributed by atoms with Crippen LogP contribution in [0.2, 0.25) is 5.02 Å². The van der Waals surface area contributed by atoms with Crippen LogP contribution in [0.1, 0.15) is 22.8 Å². The van der Waals surface area contributed by atoms with Gasteiger partial charge in [-0.15, -0.1) is 0 Å². The Bertz CT molecular complexity index is 990. The van der Waals surface area contributed by atoms with Crippen LogP contribution >= 0.6 is 11.6 Å². The molecule has 5 nitrogen and oxygen atoms in total. The summed E-state index contributed by atoms with van der Waals surface area (Å²) in [4.78, 5) is 24.3. The molecule has 0 aliphatic heterocycles. The summed E-state index contributed by atoms with van der Waals surface area (Å²) in [5.41, 5.74) is 2.29. The van der Waals surface area contributed by atoms with Gasteiger partial charge in [-0.1, -0.05) is 54.1 Å². The van der Waals surface area contributed by atoms with Gasteiger partial charge in [-0.05, 0) is 35.9 Å². The van der Waals surface area contributed by atoms with Gasteiger partial charge in [0.25, 0.3) is 5.91 Å². The Morgan fingerprint density at radius 1 is 0.893 bits per heavy atom. The zero-order chi connectivity index (χ0) is 19.9. The van der Waals surface area contributed by atoms with Gasteiger partial charge >= 0.3 is 0 Å². The van der Waals surface area contributed by atoms with Crippen molar-refractivity contribution in [1.82, 2.24) is 0 Å². The van der Waals surface area contributed by atoms with E-state index in [2.05, 4.69) is 10.6 Å². The lowest BCUT2D eigenvalue weighted by molar-refractivity contribution is -0.114. The lowest BCUT2D eigenvalue weighted by atomic mass is 10.1. The van der Waals surface area contributed by atoms with Crippen LogP contribution in [0.25, 0.3) is 0 Å². The largest absolute Gasteiger partial charge is 0.488 e. The molecule has 3 aromatic rings. The molecular formula is C22H19ClN2O3. The van der Waals surface area contributed by atoms with Gasteiger partial charge in [-0.3, -0.25) is 9.59 Å². The highest BCUT2D eigenvalue weighted by Gasteiger charge is 2.16. The first kappa shape index (κ1) is 19.5. The van der Waals surface area contributed by atoms with E-state index in [-0.39, 0.29) is 11.8 Å². The molecule has 0 unspecified atom stereocenters. The number of halogens is 1. The topological polar surface area (TPSA) is 67.4 Å². The number of rotatable bonds is 6. The monoisotopic (exact) mass is 394 g/mol. The van der Waals surface area contributed by atoms with Crippen molar-refractivity contribution in [3.8, 4) is 5.75 Å². The van der Waals surface area contributed by atoms with Gasteiger partial charge < -0.3 is 15.4 Å². The maximum Gasteiger partial charge on any atom is 0.259 e. The normalized spacial score (nSPS) is 10.2. The van der Waals surface area contributed by atoms with Crippen molar-refractivity contribution in [3.63, 3.8) is 0 Å². The van der Waals surface area contributed by atoms with Gasteiger partial charge in [0.1, 0.15) is 12.4 Å². The fourth-order valence-corrected chi connectivity index (χ4v) is 2.79. The SMILES string of the molecule is CC(=O)Nc1ccccc1NC(=O)c1cc(Cl)ccc1OCc1ccccc1. The Hall–Kier alpha value is -3.31. The average Bonchev–Trinajstić information content (AvgIpc) is 2.69. The molecule has 0 fully saturated rings. The Morgan fingerprint density at radius 3 is 2.21 bits per heavy atom. The molecule has 0 saturated heterocycles. The minimum Gasteiger partial charge on any atom is -0.488 e. The second-order valence-corrected chi connectivity index (χ2v) is 6.53. The lowest BCUT2D eigenvalue weighted by Crippen LogP contribution is -2.16. The molecule has 0 aromatic heterocycles. The second-order valence-electron chi connectivity index (χ2n) is 6.10. The highest BCUT2D eigenvalue weighted by molar-refractivity contribution is 6.31. The fraction of sp³-hybridized carbons (Fsp3) is 0.0909. The van der Waals surface area contributed by atoms with Crippen LogP contribution < -0.4 is 15.4 Å². The molecule has 3 rings (SSSR count). The summed E-state index contributed by atoms with van der Waals surface area (Å²) in [7, 11) is 0. The van der Waals surface area contributed by atoms with Crippen LogP contribution in [-0.4, -0.2) is 11.8 Å². The van der Waals surface area contributed by atoms with E-state index in [1.54, 1.807) is 42.5 Å². The zero-order valence-corrected chi connectivity index (χ0v) is 16.0. The molecule has 0 bridgehead atoms. The van der Waals surface area contributed by atoms with Gasteiger partial charge in [0, 0.05) is 11.9 Å². The highest BCUT2D eigenvalue weighted by atomic mass is 35.5.